The van der Waals surface area contributed by atoms with Crippen LogP contribution in [-0.2, 0) is 11.2 Å². The third-order valence-electron chi connectivity index (χ3n) is 8.28. The number of benzene rings is 2. The lowest BCUT2D eigenvalue weighted by Crippen LogP contribution is -2.25. The Kier molecular flexibility index (Phi) is 9.17. The van der Waals surface area contributed by atoms with Crippen LogP contribution in [0, 0.1) is 23.5 Å². The minimum Gasteiger partial charge on any atom is -0.378 e. The van der Waals surface area contributed by atoms with Crippen molar-refractivity contribution in [2.75, 3.05) is 6.61 Å². The summed E-state index contributed by atoms with van der Waals surface area (Å²) in [6.07, 6.45) is 14.5. The number of rotatable bonds is 9. The van der Waals surface area contributed by atoms with Gasteiger partial charge in [0, 0.05) is 12.2 Å². The van der Waals surface area contributed by atoms with Crippen molar-refractivity contribution in [1.29, 1.82) is 0 Å². The summed E-state index contributed by atoms with van der Waals surface area (Å²) in [5, 5.41) is 0. The Balaban J connectivity index is 1.26. The molecule has 0 heterocycles. The molecule has 0 radical (unpaired) electrons. The molecule has 0 aliphatic heterocycles. The molecule has 0 bridgehead atoms. The Morgan fingerprint density at radius 3 is 2.06 bits per heavy atom. The molecule has 0 spiro atoms. The van der Waals surface area contributed by atoms with Crippen molar-refractivity contribution in [1.82, 2.24) is 0 Å². The standard InChI is InChI=1S/C31H42F2O/c1-3-5-22-7-9-23(10-8-22)21-34-28-18-15-25(16-19-28)24-11-13-26(14-12-24)29-20-17-27(6-4-2)30(32)31(29)33/h11-14,17,20,22-23,25,28H,3-10,15-16,18-19,21H2,1-2H3. The van der Waals surface area contributed by atoms with Gasteiger partial charge in [0.25, 0.3) is 0 Å². The second kappa shape index (κ2) is 12.3. The van der Waals surface area contributed by atoms with E-state index in [1.165, 1.54) is 44.1 Å². The second-order valence-electron chi connectivity index (χ2n) is 10.8. The van der Waals surface area contributed by atoms with E-state index in [4.69, 9.17) is 4.74 Å². The predicted octanol–water partition coefficient (Wildman–Crippen LogP) is 9.23. The minimum absolute atomic E-state index is 0.352. The number of aryl methyl sites for hydroxylation is 1. The van der Waals surface area contributed by atoms with Gasteiger partial charge in [-0.05, 0) is 79.4 Å². The van der Waals surface area contributed by atoms with Crippen LogP contribution in [0.2, 0.25) is 0 Å². The molecule has 0 unspecified atom stereocenters. The lowest BCUT2D eigenvalue weighted by molar-refractivity contribution is -0.00479. The molecule has 2 fully saturated rings. The van der Waals surface area contributed by atoms with E-state index in [-0.39, 0.29) is 0 Å². The van der Waals surface area contributed by atoms with Gasteiger partial charge >= 0.3 is 0 Å². The van der Waals surface area contributed by atoms with Gasteiger partial charge in [-0.25, -0.2) is 8.78 Å². The molecule has 1 nitrogen and oxygen atoms in total. The number of hydrogen-bond acceptors (Lipinski definition) is 1. The minimum atomic E-state index is -0.727. The molecular formula is C31H42F2O. The lowest BCUT2D eigenvalue weighted by atomic mass is 9.80. The maximum atomic E-state index is 14.6. The molecule has 0 amide bonds. The molecule has 2 aliphatic rings. The van der Waals surface area contributed by atoms with E-state index in [0.717, 1.165) is 56.1 Å². The topological polar surface area (TPSA) is 9.23 Å². The van der Waals surface area contributed by atoms with Crippen LogP contribution in [0.5, 0.6) is 0 Å². The van der Waals surface area contributed by atoms with Crippen LogP contribution >= 0.6 is 0 Å². The highest BCUT2D eigenvalue weighted by Gasteiger charge is 2.26. The summed E-state index contributed by atoms with van der Waals surface area (Å²) in [7, 11) is 0. The molecule has 3 heteroatoms. The van der Waals surface area contributed by atoms with E-state index < -0.39 is 11.6 Å². The lowest BCUT2D eigenvalue weighted by Gasteiger charge is -2.32. The summed E-state index contributed by atoms with van der Waals surface area (Å²) in [6.45, 7) is 5.22. The Bertz CT molecular complexity index is 890. The Morgan fingerprint density at radius 1 is 0.735 bits per heavy atom. The number of halogens is 2. The normalized spacial score (nSPS) is 25.4. The molecule has 2 aromatic rings. The first-order valence-corrected chi connectivity index (χ1v) is 13.8. The van der Waals surface area contributed by atoms with Crippen molar-refractivity contribution in [2.45, 2.75) is 103 Å². The summed E-state index contributed by atoms with van der Waals surface area (Å²) >= 11 is 0. The van der Waals surface area contributed by atoms with E-state index in [0.29, 0.717) is 29.6 Å². The Labute approximate surface area is 205 Å². The van der Waals surface area contributed by atoms with Crippen LogP contribution in [0.4, 0.5) is 8.78 Å². The van der Waals surface area contributed by atoms with Crippen LogP contribution in [0.1, 0.15) is 102 Å². The van der Waals surface area contributed by atoms with Crippen LogP contribution in [0.3, 0.4) is 0 Å². The van der Waals surface area contributed by atoms with Crippen LogP contribution in [-0.4, -0.2) is 12.7 Å². The largest absolute Gasteiger partial charge is 0.378 e. The Hall–Kier alpha value is -1.74. The van der Waals surface area contributed by atoms with Gasteiger partial charge < -0.3 is 4.74 Å². The van der Waals surface area contributed by atoms with Crippen molar-refractivity contribution in [3.63, 3.8) is 0 Å². The van der Waals surface area contributed by atoms with Gasteiger partial charge in [-0.1, -0.05) is 82.3 Å². The molecule has 0 saturated heterocycles. The van der Waals surface area contributed by atoms with E-state index in [9.17, 15) is 8.78 Å². The average molecular weight is 469 g/mol. The van der Waals surface area contributed by atoms with Gasteiger partial charge in [0.1, 0.15) is 0 Å². The summed E-state index contributed by atoms with van der Waals surface area (Å²) in [6, 6.07) is 11.6. The third-order valence-corrected chi connectivity index (χ3v) is 8.28. The monoisotopic (exact) mass is 468 g/mol. The highest BCUT2D eigenvalue weighted by Crippen LogP contribution is 2.37. The van der Waals surface area contributed by atoms with Gasteiger partial charge in [-0.15, -0.1) is 0 Å². The molecule has 2 aromatic carbocycles. The van der Waals surface area contributed by atoms with Crippen molar-refractivity contribution < 1.29 is 13.5 Å². The summed E-state index contributed by atoms with van der Waals surface area (Å²) in [4.78, 5) is 0. The highest BCUT2D eigenvalue weighted by molar-refractivity contribution is 5.65. The van der Waals surface area contributed by atoms with Crippen molar-refractivity contribution in [3.05, 3.63) is 59.2 Å². The zero-order valence-corrected chi connectivity index (χ0v) is 21.1. The predicted molar refractivity (Wildman–Crippen MR) is 137 cm³/mol. The molecule has 0 aromatic heterocycles. The zero-order valence-electron chi connectivity index (χ0n) is 21.1. The molecule has 186 valence electrons. The van der Waals surface area contributed by atoms with E-state index in [2.05, 4.69) is 19.1 Å². The second-order valence-corrected chi connectivity index (χ2v) is 10.8. The summed E-state index contributed by atoms with van der Waals surface area (Å²) in [5.41, 5.74) is 2.86. The van der Waals surface area contributed by atoms with Crippen molar-refractivity contribution in [3.8, 4) is 11.1 Å². The van der Waals surface area contributed by atoms with E-state index in [1.54, 1.807) is 12.1 Å². The van der Waals surface area contributed by atoms with Gasteiger partial charge in [-0.3, -0.25) is 0 Å². The van der Waals surface area contributed by atoms with Gasteiger partial charge in [-0.2, -0.15) is 0 Å². The third kappa shape index (κ3) is 6.27. The highest BCUT2D eigenvalue weighted by atomic mass is 19.2. The van der Waals surface area contributed by atoms with Gasteiger partial charge in [0.05, 0.1) is 6.10 Å². The van der Waals surface area contributed by atoms with Gasteiger partial charge in [0.15, 0.2) is 11.6 Å². The van der Waals surface area contributed by atoms with Crippen LogP contribution < -0.4 is 0 Å². The fourth-order valence-electron chi connectivity index (χ4n) is 6.14. The van der Waals surface area contributed by atoms with Crippen LogP contribution in [0.15, 0.2) is 36.4 Å². The number of ether oxygens (including phenoxy) is 1. The number of hydrogen-bond donors (Lipinski definition) is 0. The average Bonchev–Trinajstić information content (AvgIpc) is 2.87. The fourth-order valence-corrected chi connectivity index (χ4v) is 6.14. The molecule has 34 heavy (non-hydrogen) atoms. The molecular weight excluding hydrogens is 426 g/mol. The molecule has 4 rings (SSSR count). The smallest absolute Gasteiger partial charge is 0.166 e. The summed E-state index contributed by atoms with van der Waals surface area (Å²) in [5.74, 6) is 0.830. The van der Waals surface area contributed by atoms with Gasteiger partial charge in [0.2, 0.25) is 0 Å². The quantitative estimate of drug-likeness (QED) is 0.356. The first-order valence-electron chi connectivity index (χ1n) is 13.8. The first-order chi connectivity index (χ1) is 16.6. The van der Waals surface area contributed by atoms with Crippen molar-refractivity contribution in [2.24, 2.45) is 11.8 Å². The molecule has 2 aliphatic carbocycles. The molecule has 0 atom stereocenters. The maximum absolute atomic E-state index is 14.6. The SMILES string of the molecule is CCCc1ccc(-c2ccc(C3CCC(OCC4CCC(CCC)CC4)CC3)cc2)c(F)c1F. The molecule has 2 saturated carbocycles. The van der Waals surface area contributed by atoms with Crippen molar-refractivity contribution >= 4 is 0 Å². The van der Waals surface area contributed by atoms with E-state index >= 15 is 0 Å². The van der Waals surface area contributed by atoms with E-state index in [1.807, 2.05) is 19.1 Å². The zero-order chi connectivity index (χ0) is 23.9. The summed E-state index contributed by atoms with van der Waals surface area (Å²) < 4.78 is 35.4. The maximum Gasteiger partial charge on any atom is 0.166 e. The fraction of sp³-hybridized carbons (Fsp3) is 0.613. The first kappa shape index (κ1) is 25.4. The Morgan fingerprint density at radius 2 is 1.41 bits per heavy atom. The molecule has 0 N–H and O–H groups in total. The van der Waals surface area contributed by atoms with Crippen LogP contribution in [0.25, 0.3) is 11.1 Å².